The minimum atomic E-state index is -3.87. The summed E-state index contributed by atoms with van der Waals surface area (Å²) < 4.78 is 41.0. The Labute approximate surface area is 228 Å². The van der Waals surface area contributed by atoms with Crippen LogP contribution < -0.4 is 4.74 Å². The summed E-state index contributed by atoms with van der Waals surface area (Å²) >= 11 is 0. The highest BCUT2D eigenvalue weighted by molar-refractivity contribution is 7.91. The third kappa shape index (κ3) is 6.04. The van der Waals surface area contributed by atoms with Crippen molar-refractivity contribution in [2.45, 2.75) is 44.8 Å². The number of aromatic nitrogens is 6. The molecular weight excluding hydrogens is 516 g/mol. The van der Waals surface area contributed by atoms with Crippen molar-refractivity contribution in [3.63, 3.8) is 0 Å². The molecule has 0 amide bonds. The number of methoxy groups -OCH3 is 1. The van der Waals surface area contributed by atoms with Crippen molar-refractivity contribution in [2.75, 3.05) is 13.7 Å². The Morgan fingerprint density at radius 3 is 2.44 bits per heavy atom. The molecule has 4 rings (SSSR count). The van der Waals surface area contributed by atoms with Crippen molar-refractivity contribution in [1.29, 1.82) is 0 Å². The third-order valence-electron chi connectivity index (χ3n) is 6.26. The van der Waals surface area contributed by atoms with Gasteiger partial charge in [-0.3, -0.25) is 4.57 Å². The first kappa shape index (κ1) is 28.1. The molecule has 0 bridgehead atoms. The van der Waals surface area contributed by atoms with Crippen LogP contribution in [-0.2, 0) is 20.3 Å². The van der Waals surface area contributed by atoms with Crippen LogP contribution in [0.3, 0.4) is 0 Å². The van der Waals surface area contributed by atoms with E-state index < -0.39 is 26.9 Å². The smallest absolute Gasteiger partial charge is 0.187 e. The summed E-state index contributed by atoms with van der Waals surface area (Å²) in [6.45, 7) is 11.1. The summed E-state index contributed by atoms with van der Waals surface area (Å²) in [5.74, 6) is 1.05. The molecule has 0 unspecified atom stereocenters. The van der Waals surface area contributed by atoms with Crippen LogP contribution in [0.4, 0.5) is 0 Å². The fourth-order valence-corrected chi connectivity index (χ4v) is 5.59. The monoisotopic (exact) mass is 548 g/mol. The molecule has 39 heavy (non-hydrogen) atoms. The molecule has 4 aromatic rings. The van der Waals surface area contributed by atoms with Crippen LogP contribution in [-0.4, -0.2) is 57.1 Å². The van der Waals surface area contributed by atoms with E-state index >= 15 is 0 Å². The Morgan fingerprint density at radius 2 is 1.77 bits per heavy atom. The van der Waals surface area contributed by atoms with Crippen molar-refractivity contribution >= 4 is 9.84 Å². The van der Waals surface area contributed by atoms with Crippen LogP contribution in [0.25, 0.3) is 17.2 Å². The predicted molar refractivity (Wildman–Crippen MR) is 148 cm³/mol. The first-order valence-corrected chi connectivity index (χ1v) is 14.1. The molecule has 0 N–H and O–H groups in total. The molecule has 3 aromatic heterocycles. The van der Waals surface area contributed by atoms with Crippen LogP contribution in [0.2, 0.25) is 0 Å². The van der Waals surface area contributed by atoms with E-state index in [0.717, 1.165) is 16.8 Å². The second-order valence-electron chi connectivity index (χ2n) is 9.24. The summed E-state index contributed by atoms with van der Waals surface area (Å²) in [6.07, 6.45) is 3.92. The second-order valence-corrected chi connectivity index (χ2v) is 11.6. The van der Waals surface area contributed by atoms with Crippen LogP contribution in [0.1, 0.15) is 41.5 Å². The second kappa shape index (κ2) is 11.8. The summed E-state index contributed by atoms with van der Waals surface area (Å²) in [6, 6.07) is 11.2. The molecule has 11 heteroatoms. The minimum absolute atomic E-state index is 0.140. The molecule has 204 valence electrons. The van der Waals surface area contributed by atoms with Crippen molar-refractivity contribution in [1.82, 2.24) is 29.7 Å². The number of nitrogens with zero attached hydrogens (tertiary/aromatic N) is 6. The van der Waals surface area contributed by atoms with Crippen molar-refractivity contribution in [3.8, 4) is 23.0 Å². The lowest BCUT2D eigenvalue weighted by atomic mass is 10.1. The van der Waals surface area contributed by atoms with E-state index in [9.17, 15) is 8.42 Å². The highest BCUT2D eigenvalue weighted by atomic mass is 32.2. The fraction of sp³-hybridized carbons (Fsp3) is 0.321. The molecule has 0 aliphatic rings. The molecule has 0 saturated carbocycles. The van der Waals surface area contributed by atoms with Gasteiger partial charge in [0.05, 0.1) is 24.7 Å². The first-order chi connectivity index (χ1) is 18.7. The van der Waals surface area contributed by atoms with E-state index in [-0.39, 0.29) is 18.3 Å². The lowest BCUT2D eigenvalue weighted by Gasteiger charge is -2.23. The lowest BCUT2D eigenvalue weighted by Crippen LogP contribution is -2.31. The van der Waals surface area contributed by atoms with Crippen LogP contribution in [0.15, 0.2) is 61.4 Å². The largest absolute Gasteiger partial charge is 0.495 e. The number of hydrogen-bond donors (Lipinski definition) is 0. The predicted octanol–water partition coefficient (Wildman–Crippen LogP) is 4.30. The van der Waals surface area contributed by atoms with Gasteiger partial charge in [0.1, 0.15) is 23.3 Å². The van der Waals surface area contributed by atoms with Gasteiger partial charge >= 0.3 is 0 Å². The van der Waals surface area contributed by atoms with Crippen LogP contribution >= 0.6 is 0 Å². The molecule has 0 saturated heterocycles. The van der Waals surface area contributed by atoms with E-state index in [1.54, 1.807) is 37.1 Å². The Morgan fingerprint density at radius 1 is 1.05 bits per heavy atom. The normalized spacial score (nSPS) is 13.2. The maximum absolute atomic E-state index is 13.9. The van der Waals surface area contributed by atoms with Crippen molar-refractivity contribution < 1.29 is 17.9 Å². The van der Waals surface area contributed by atoms with Crippen molar-refractivity contribution in [2.24, 2.45) is 0 Å². The highest BCUT2D eigenvalue weighted by Crippen LogP contribution is 2.33. The Hall–Kier alpha value is -3.96. The maximum atomic E-state index is 13.9. The standard InChI is InChI=1S/C28H32N6O4S/c1-7-14-38-26(27-29-15-18(2)16-30-27)21(5)39(35,36)17-24-32-33-28(22-12-9-11-20(4)31-22)34(24)25-19(3)10-8-13-23(25)37-6/h7-13,15-16,21,26H,1,14,17H2,2-6H3/t21-,26-/m0/s1. The third-order valence-corrected chi connectivity index (χ3v) is 8.30. The number of benzene rings is 1. The van der Waals surface area contributed by atoms with Crippen molar-refractivity contribution in [3.05, 3.63) is 89.9 Å². The first-order valence-electron chi connectivity index (χ1n) is 12.4. The fourth-order valence-electron chi connectivity index (χ4n) is 4.20. The summed E-state index contributed by atoms with van der Waals surface area (Å²) in [4.78, 5) is 13.3. The number of para-hydroxylation sites is 1. The molecule has 3 heterocycles. The molecule has 0 aliphatic heterocycles. The van der Waals surface area contributed by atoms with E-state index in [4.69, 9.17) is 9.47 Å². The topological polar surface area (TPSA) is 122 Å². The van der Waals surface area contributed by atoms with Gasteiger partial charge in [-0.15, -0.1) is 16.8 Å². The summed E-state index contributed by atoms with van der Waals surface area (Å²) in [5, 5.41) is 7.73. The number of rotatable bonds is 11. The molecule has 0 fully saturated rings. The summed E-state index contributed by atoms with van der Waals surface area (Å²) in [7, 11) is -2.30. The van der Waals surface area contributed by atoms with Gasteiger partial charge < -0.3 is 9.47 Å². The van der Waals surface area contributed by atoms with E-state index in [0.29, 0.717) is 23.0 Å². The zero-order valence-corrected chi connectivity index (χ0v) is 23.5. The number of pyridine rings is 1. The summed E-state index contributed by atoms with van der Waals surface area (Å²) in [5.41, 5.74) is 3.71. The van der Waals surface area contributed by atoms with Gasteiger partial charge in [-0.25, -0.2) is 23.4 Å². The molecular formula is C28H32N6O4S. The van der Waals surface area contributed by atoms with Gasteiger partial charge in [-0.05, 0) is 57.0 Å². The highest BCUT2D eigenvalue weighted by Gasteiger charge is 2.35. The van der Waals surface area contributed by atoms with Crippen LogP contribution in [0.5, 0.6) is 5.75 Å². The zero-order valence-electron chi connectivity index (χ0n) is 22.7. The number of aryl methyl sites for hydroxylation is 3. The Balaban J connectivity index is 1.82. The van der Waals surface area contributed by atoms with Gasteiger partial charge in [0, 0.05) is 18.1 Å². The molecule has 0 radical (unpaired) electrons. The molecule has 0 aliphatic carbocycles. The number of hydrogen-bond acceptors (Lipinski definition) is 9. The van der Waals surface area contributed by atoms with Crippen LogP contribution in [0, 0.1) is 20.8 Å². The van der Waals surface area contributed by atoms with E-state index in [2.05, 4.69) is 31.7 Å². The minimum Gasteiger partial charge on any atom is -0.495 e. The van der Waals surface area contributed by atoms with E-state index in [1.807, 2.05) is 57.2 Å². The number of sulfone groups is 1. The van der Waals surface area contributed by atoms with Gasteiger partial charge in [0.2, 0.25) is 0 Å². The molecule has 2 atom stereocenters. The lowest BCUT2D eigenvalue weighted by molar-refractivity contribution is 0.0669. The van der Waals surface area contributed by atoms with Gasteiger partial charge in [0.15, 0.2) is 27.3 Å². The maximum Gasteiger partial charge on any atom is 0.187 e. The Kier molecular flexibility index (Phi) is 8.51. The molecule has 1 aromatic carbocycles. The SMILES string of the molecule is C=CCO[C@H](c1ncc(C)cn1)[C@H](C)S(=O)(=O)Cc1nnc(-c2cccc(C)n2)n1-c1c(C)cccc1OC. The van der Waals surface area contributed by atoms with E-state index in [1.165, 1.54) is 0 Å². The average Bonchev–Trinajstić information content (AvgIpc) is 3.31. The average molecular weight is 549 g/mol. The molecule has 10 nitrogen and oxygen atoms in total. The van der Waals surface area contributed by atoms with Gasteiger partial charge in [-0.1, -0.05) is 24.3 Å². The van der Waals surface area contributed by atoms with Gasteiger partial charge in [-0.2, -0.15) is 0 Å². The Bertz CT molecular complexity index is 1570. The quantitative estimate of drug-likeness (QED) is 0.252. The zero-order chi connectivity index (χ0) is 28.2. The van der Waals surface area contributed by atoms with Gasteiger partial charge in [0.25, 0.3) is 0 Å². The molecule has 0 spiro atoms. The number of ether oxygens (including phenoxy) is 2.